The number of unbranched alkanes of at least 4 members (excludes halogenated alkanes) is 2. The fourth-order valence-electron chi connectivity index (χ4n) is 1.82. The van der Waals surface area contributed by atoms with Crippen LogP contribution in [-0.2, 0) is 9.47 Å². The zero-order valence-electron chi connectivity index (χ0n) is 13.6. The van der Waals surface area contributed by atoms with Gasteiger partial charge in [0.25, 0.3) is 0 Å². The third kappa shape index (κ3) is 5.39. The average Bonchev–Trinajstić information content (AvgIpc) is 2.50. The summed E-state index contributed by atoms with van der Waals surface area (Å²) >= 11 is 0. The summed E-state index contributed by atoms with van der Waals surface area (Å²) in [4.78, 5) is 25.5. The minimum absolute atomic E-state index is 0.292. The summed E-state index contributed by atoms with van der Waals surface area (Å²) in [5.41, 5.74) is 1.30. The Hall–Kier alpha value is -2.04. The molecule has 5 nitrogen and oxygen atoms in total. The van der Waals surface area contributed by atoms with E-state index in [-0.39, 0.29) is 0 Å². The van der Waals surface area contributed by atoms with Crippen molar-refractivity contribution in [1.29, 1.82) is 0 Å². The number of rotatable bonds is 7. The Bertz CT molecular complexity index is 465. The third-order valence-electron chi connectivity index (χ3n) is 3.17. The lowest BCUT2D eigenvalue weighted by Crippen LogP contribution is -2.38. The number of hydrogen-bond acceptors (Lipinski definition) is 4. The molecule has 0 aromatic heterocycles. The zero-order valence-corrected chi connectivity index (χ0v) is 13.6. The number of anilines is 1. The summed E-state index contributed by atoms with van der Waals surface area (Å²) in [6, 6.07) is 7.16. The lowest BCUT2D eigenvalue weighted by molar-refractivity contribution is 0.133. The minimum Gasteiger partial charge on any atom is -0.449 e. The second-order valence-electron chi connectivity index (χ2n) is 5.06. The van der Waals surface area contributed by atoms with Crippen LogP contribution < -0.4 is 4.90 Å². The van der Waals surface area contributed by atoms with Gasteiger partial charge in [-0.25, -0.2) is 9.59 Å². The molecule has 2 amide bonds. The number of amides is 2. The van der Waals surface area contributed by atoms with Gasteiger partial charge in [0.05, 0.1) is 18.9 Å². The topological polar surface area (TPSA) is 55.8 Å². The molecule has 1 aromatic rings. The number of carbonyl (C=O) groups is 2. The molecule has 0 aliphatic rings. The van der Waals surface area contributed by atoms with Crippen molar-refractivity contribution in [2.45, 2.75) is 46.5 Å². The molecular weight excluding hydrogens is 282 g/mol. The molecule has 5 heteroatoms. The predicted molar refractivity (Wildman–Crippen MR) is 86.2 cm³/mol. The van der Waals surface area contributed by atoms with E-state index in [9.17, 15) is 9.59 Å². The highest BCUT2D eigenvalue weighted by Crippen LogP contribution is 2.21. The number of aryl methyl sites for hydroxylation is 1. The van der Waals surface area contributed by atoms with Crippen molar-refractivity contribution < 1.29 is 19.1 Å². The van der Waals surface area contributed by atoms with Crippen molar-refractivity contribution in [3.63, 3.8) is 0 Å². The second kappa shape index (κ2) is 9.82. The highest BCUT2D eigenvalue weighted by Gasteiger charge is 2.27. The van der Waals surface area contributed by atoms with Crippen LogP contribution >= 0.6 is 0 Å². The molecule has 1 aromatic carbocycles. The average molecular weight is 307 g/mol. The molecule has 0 atom stereocenters. The molecule has 0 aliphatic carbocycles. The Kier molecular flexibility index (Phi) is 8.04. The SMILES string of the molecule is CCCCOC(=O)N(C(=O)OCCCC)c1ccccc1C. The molecule has 1 rings (SSSR count). The fourth-order valence-corrected chi connectivity index (χ4v) is 1.82. The molecule has 0 fully saturated rings. The van der Waals surface area contributed by atoms with E-state index in [1.54, 1.807) is 12.1 Å². The Morgan fingerprint density at radius 1 is 0.955 bits per heavy atom. The van der Waals surface area contributed by atoms with Crippen LogP contribution in [0.2, 0.25) is 0 Å². The molecule has 0 saturated heterocycles. The van der Waals surface area contributed by atoms with E-state index in [1.807, 2.05) is 32.9 Å². The molecule has 0 aliphatic heterocycles. The highest BCUT2D eigenvalue weighted by molar-refractivity contribution is 6.09. The van der Waals surface area contributed by atoms with Crippen molar-refractivity contribution in [1.82, 2.24) is 0 Å². The molecule has 0 spiro atoms. The van der Waals surface area contributed by atoms with Gasteiger partial charge in [-0.1, -0.05) is 44.9 Å². The number of hydrogen-bond donors (Lipinski definition) is 0. The van der Waals surface area contributed by atoms with Crippen LogP contribution in [-0.4, -0.2) is 25.4 Å². The first kappa shape index (κ1) is 18.0. The predicted octanol–water partition coefficient (Wildman–Crippen LogP) is 4.67. The molecule has 0 heterocycles. The molecule has 0 bridgehead atoms. The summed E-state index contributed by atoms with van der Waals surface area (Å²) < 4.78 is 10.3. The van der Waals surface area contributed by atoms with Crippen molar-refractivity contribution in [2.24, 2.45) is 0 Å². The number of benzene rings is 1. The summed E-state index contributed by atoms with van der Waals surface area (Å²) in [7, 11) is 0. The van der Waals surface area contributed by atoms with Gasteiger partial charge in [-0.2, -0.15) is 4.90 Å². The number of nitrogens with zero attached hydrogens (tertiary/aromatic N) is 1. The monoisotopic (exact) mass is 307 g/mol. The Morgan fingerprint density at radius 3 is 1.91 bits per heavy atom. The van der Waals surface area contributed by atoms with Crippen LogP contribution in [0.1, 0.15) is 45.1 Å². The molecule has 22 heavy (non-hydrogen) atoms. The van der Waals surface area contributed by atoms with Gasteiger partial charge in [-0.05, 0) is 31.4 Å². The Morgan fingerprint density at radius 2 is 1.45 bits per heavy atom. The highest BCUT2D eigenvalue weighted by atomic mass is 16.6. The molecule has 0 N–H and O–H groups in total. The normalized spacial score (nSPS) is 10.1. The Balaban J connectivity index is 2.87. The van der Waals surface area contributed by atoms with Crippen molar-refractivity contribution in [2.75, 3.05) is 18.1 Å². The van der Waals surface area contributed by atoms with E-state index >= 15 is 0 Å². The summed E-state index contributed by atoms with van der Waals surface area (Å²) in [6.45, 7) is 6.43. The number of ether oxygens (including phenoxy) is 2. The number of carbonyl (C=O) groups excluding carboxylic acids is 2. The summed E-state index contributed by atoms with van der Waals surface area (Å²) in [6.07, 6.45) is 1.97. The first-order valence-corrected chi connectivity index (χ1v) is 7.81. The first-order chi connectivity index (χ1) is 10.6. The van der Waals surface area contributed by atoms with Gasteiger partial charge in [0.15, 0.2) is 0 Å². The summed E-state index contributed by atoms with van der Waals surface area (Å²) in [5.74, 6) is 0. The minimum atomic E-state index is -0.691. The smallest absolute Gasteiger partial charge is 0.424 e. The fraction of sp³-hybridized carbons (Fsp3) is 0.529. The van der Waals surface area contributed by atoms with Crippen molar-refractivity contribution >= 4 is 17.9 Å². The molecule has 122 valence electrons. The van der Waals surface area contributed by atoms with Crippen molar-refractivity contribution in [3.8, 4) is 0 Å². The maximum absolute atomic E-state index is 12.2. The van der Waals surface area contributed by atoms with E-state index in [0.29, 0.717) is 18.9 Å². The van der Waals surface area contributed by atoms with Gasteiger partial charge in [0.2, 0.25) is 0 Å². The third-order valence-corrected chi connectivity index (χ3v) is 3.17. The van der Waals surface area contributed by atoms with Gasteiger partial charge in [-0.15, -0.1) is 0 Å². The molecular formula is C17H25NO4. The largest absolute Gasteiger partial charge is 0.449 e. The van der Waals surface area contributed by atoms with E-state index in [2.05, 4.69) is 0 Å². The van der Waals surface area contributed by atoms with E-state index in [4.69, 9.17) is 9.47 Å². The van der Waals surface area contributed by atoms with Crippen LogP contribution in [0, 0.1) is 6.92 Å². The van der Waals surface area contributed by atoms with E-state index < -0.39 is 12.2 Å². The van der Waals surface area contributed by atoms with Gasteiger partial charge in [0.1, 0.15) is 0 Å². The lowest BCUT2D eigenvalue weighted by Gasteiger charge is -2.21. The standard InChI is InChI=1S/C17H25NO4/c1-4-6-12-21-16(19)18(17(20)22-13-7-5-2)15-11-9-8-10-14(15)3/h8-11H,4-7,12-13H2,1-3H3. The van der Waals surface area contributed by atoms with E-state index in [0.717, 1.165) is 36.1 Å². The number of para-hydroxylation sites is 1. The van der Waals surface area contributed by atoms with Crippen LogP contribution in [0.25, 0.3) is 0 Å². The second-order valence-corrected chi connectivity index (χ2v) is 5.06. The van der Waals surface area contributed by atoms with Crippen LogP contribution in [0.5, 0.6) is 0 Å². The molecule has 0 radical (unpaired) electrons. The van der Waals surface area contributed by atoms with Gasteiger partial charge >= 0.3 is 12.2 Å². The van der Waals surface area contributed by atoms with E-state index in [1.165, 1.54) is 0 Å². The van der Waals surface area contributed by atoms with Crippen molar-refractivity contribution in [3.05, 3.63) is 29.8 Å². The zero-order chi connectivity index (χ0) is 16.4. The van der Waals surface area contributed by atoms with Crippen LogP contribution in [0.4, 0.5) is 15.3 Å². The van der Waals surface area contributed by atoms with Gasteiger partial charge in [-0.3, -0.25) is 0 Å². The quantitative estimate of drug-likeness (QED) is 0.687. The maximum Gasteiger partial charge on any atom is 0.424 e. The van der Waals surface area contributed by atoms with Gasteiger partial charge < -0.3 is 9.47 Å². The summed E-state index contributed by atoms with van der Waals surface area (Å²) in [5, 5.41) is 0. The van der Waals surface area contributed by atoms with Gasteiger partial charge in [0, 0.05) is 0 Å². The molecule has 0 unspecified atom stereocenters. The lowest BCUT2D eigenvalue weighted by atomic mass is 10.2. The molecule has 0 saturated carbocycles. The maximum atomic E-state index is 12.2. The Labute approximate surface area is 132 Å². The number of imide groups is 1. The van der Waals surface area contributed by atoms with Crippen LogP contribution in [0.15, 0.2) is 24.3 Å². The first-order valence-electron chi connectivity index (χ1n) is 7.81. The van der Waals surface area contributed by atoms with Crippen LogP contribution in [0.3, 0.4) is 0 Å².